The van der Waals surface area contributed by atoms with E-state index in [0.29, 0.717) is 11.3 Å². The van der Waals surface area contributed by atoms with Crippen LogP contribution in [0.5, 0.6) is 11.6 Å². The lowest BCUT2D eigenvalue weighted by Gasteiger charge is -2.06. The van der Waals surface area contributed by atoms with Crippen molar-refractivity contribution in [3.05, 3.63) is 40.1 Å². The Morgan fingerprint density at radius 2 is 2.09 bits per heavy atom. The number of ether oxygens (including phenoxy) is 2. The SMILES string of the molecule is CCOC(=O)c1cc2oc3ccc(OC)cc3c(=O)c2nc1O. The van der Waals surface area contributed by atoms with E-state index in [9.17, 15) is 14.7 Å². The molecule has 0 aliphatic rings. The summed E-state index contributed by atoms with van der Waals surface area (Å²) in [6, 6.07) is 6.02. The summed E-state index contributed by atoms with van der Waals surface area (Å²) in [5, 5.41) is 10.2. The highest BCUT2D eigenvalue weighted by Crippen LogP contribution is 2.25. The second kappa shape index (κ2) is 5.60. The number of aromatic nitrogens is 1. The van der Waals surface area contributed by atoms with Gasteiger partial charge in [-0.25, -0.2) is 9.78 Å². The molecule has 118 valence electrons. The van der Waals surface area contributed by atoms with Crippen LogP contribution in [-0.2, 0) is 4.74 Å². The monoisotopic (exact) mass is 315 g/mol. The van der Waals surface area contributed by atoms with E-state index >= 15 is 0 Å². The lowest BCUT2D eigenvalue weighted by Crippen LogP contribution is -2.09. The van der Waals surface area contributed by atoms with Crippen molar-refractivity contribution in [2.45, 2.75) is 6.92 Å². The third kappa shape index (κ3) is 2.46. The Kier molecular flexibility index (Phi) is 3.61. The maximum absolute atomic E-state index is 12.5. The summed E-state index contributed by atoms with van der Waals surface area (Å²) in [5.74, 6) is -0.820. The molecule has 0 fully saturated rings. The molecule has 0 atom stereocenters. The molecular formula is C16H13NO6. The average molecular weight is 315 g/mol. The lowest BCUT2D eigenvalue weighted by atomic mass is 10.1. The molecule has 2 aromatic heterocycles. The number of pyridine rings is 1. The summed E-state index contributed by atoms with van der Waals surface area (Å²) in [6.07, 6.45) is 0. The minimum atomic E-state index is -0.739. The molecule has 0 spiro atoms. The van der Waals surface area contributed by atoms with E-state index in [2.05, 4.69) is 4.98 Å². The van der Waals surface area contributed by atoms with Gasteiger partial charge < -0.3 is 19.0 Å². The minimum absolute atomic E-state index is 0.0729. The van der Waals surface area contributed by atoms with E-state index in [-0.39, 0.29) is 28.7 Å². The maximum Gasteiger partial charge on any atom is 0.343 e. The second-order valence-electron chi connectivity index (χ2n) is 4.72. The topological polar surface area (TPSA) is 98.9 Å². The van der Waals surface area contributed by atoms with Crippen molar-refractivity contribution in [1.29, 1.82) is 0 Å². The Labute approximate surface area is 130 Å². The van der Waals surface area contributed by atoms with Gasteiger partial charge >= 0.3 is 5.97 Å². The molecule has 0 aliphatic heterocycles. The highest BCUT2D eigenvalue weighted by molar-refractivity contribution is 5.97. The number of methoxy groups -OCH3 is 1. The molecule has 0 aliphatic carbocycles. The molecule has 0 amide bonds. The van der Waals surface area contributed by atoms with Crippen molar-refractivity contribution < 1.29 is 23.8 Å². The lowest BCUT2D eigenvalue weighted by molar-refractivity contribution is 0.0522. The number of nitrogens with zero attached hydrogens (tertiary/aromatic N) is 1. The summed E-state index contributed by atoms with van der Waals surface area (Å²) in [4.78, 5) is 28.1. The van der Waals surface area contributed by atoms with Crippen LogP contribution in [-0.4, -0.2) is 29.8 Å². The molecule has 7 heteroatoms. The summed E-state index contributed by atoms with van der Waals surface area (Å²) in [6.45, 7) is 1.79. The van der Waals surface area contributed by atoms with Crippen LogP contribution in [0.2, 0.25) is 0 Å². The summed E-state index contributed by atoms with van der Waals surface area (Å²) in [5.41, 5.74) is -0.239. The first-order valence-electron chi connectivity index (χ1n) is 6.86. The van der Waals surface area contributed by atoms with Gasteiger partial charge in [-0.3, -0.25) is 4.79 Å². The van der Waals surface area contributed by atoms with Crippen molar-refractivity contribution >= 4 is 28.0 Å². The van der Waals surface area contributed by atoms with Gasteiger partial charge in [0, 0.05) is 6.07 Å². The number of carbonyl (C=O) groups is 1. The van der Waals surface area contributed by atoms with Crippen molar-refractivity contribution in [3.8, 4) is 11.6 Å². The quantitative estimate of drug-likeness (QED) is 0.584. The molecule has 1 N–H and O–H groups in total. The van der Waals surface area contributed by atoms with Gasteiger partial charge in [0.2, 0.25) is 11.3 Å². The first-order chi connectivity index (χ1) is 11.0. The Bertz CT molecular complexity index is 976. The number of fused-ring (bicyclic) bond motifs is 2. The number of rotatable bonds is 3. The van der Waals surface area contributed by atoms with Gasteiger partial charge in [0.15, 0.2) is 11.1 Å². The number of benzene rings is 1. The Morgan fingerprint density at radius 3 is 2.78 bits per heavy atom. The van der Waals surface area contributed by atoms with Crippen molar-refractivity contribution in [2.75, 3.05) is 13.7 Å². The van der Waals surface area contributed by atoms with E-state index in [1.165, 1.54) is 19.2 Å². The van der Waals surface area contributed by atoms with Crippen LogP contribution in [0.3, 0.4) is 0 Å². The van der Waals surface area contributed by atoms with Gasteiger partial charge in [-0.1, -0.05) is 0 Å². The van der Waals surface area contributed by atoms with Crippen molar-refractivity contribution in [2.24, 2.45) is 0 Å². The molecule has 7 nitrogen and oxygen atoms in total. The van der Waals surface area contributed by atoms with Gasteiger partial charge in [-0.2, -0.15) is 0 Å². The van der Waals surface area contributed by atoms with Crippen molar-refractivity contribution in [1.82, 2.24) is 4.98 Å². The van der Waals surface area contributed by atoms with Crippen LogP contribution in [0.4, 0.5) is 0 Å². The van der Waals surface area contributed by atoms with Crippen LogP contribution in [0, 0.1) is 0 Å². The zero-order chi connectivity index (χ0) is 16.6. The standard InChI is InChI=1S/C16H13NO6/c1-3-22-16(20)10-7-12-13(17-15(10)19)14(18)9-6-8(21-2)4-5-11(9)23-12/h4-7H,3H2,1-2H3,(H,17,19). The average Bonchev–Trinajstić information content (AvgIpc) is 2.55. The predicted octanol–water partition coefficient (Wildman–Crippen LogP) is 2.23. The molecule has 0 bridgehead atoms. The van der Waals surface area contributed by atoms with E-state index < -0.39 is 17.3 Å². The maximum atomic E-state index is 12.5. The molecule has 3 rings (SSSR count). The van der Waals surface area contributed by atoms with Gasteiger partial charge in [-0.15, -0.1) is 0 Å². The van der Waals surface area contributed by atoms with Crippen LogP contribution in [0.15, 0.2) is 33.5 Å². The largest absolute Gasteiger partial charge is 0.497 e. The molecule has 0 radical (unpaired) electrons. The van der Waals surface area contributed by atoms with E-state index in [0.717, 1.165) is 0 Å². The van der Waals surface area contributed by atoms with Gasteiger partial charge in [-0.05, 0) is 25.1 Å². The van der Waals surface area contributed by atoms with Gasteiger partial charge in [0.05, 0.1) is 19.1 Å². The smallest absolute Gasteiger partial charge is 0.343 e. The van der Waals surface area contributed by atoms with Gasteiger partial charge in [0.25, 0.3) is 0 Å². The first kappa shape index (κ1) is 14.8. The number of hydrogen-bond donors (Lipinski definition) is 1. The first-order valence-corrected chi connectivity index (χ1v) is 6.86. The summed E-state index contributed by atoms with van der Waals surface area (Å²) < 4.78 is 15.5. The Balaban J connectivity index is 2.31. The van der Waals surface area contributed by atoms with Crippen LogP contribution in [0.25, 0.3) is 22.1 Å². The normalized spacial score (nSPS) is 10.9. The number of carbonyl (C=O) groups excluding carboxylic acids is 1. The van der Waals surface area contributed by atoms with Gasteiger partial charge in [0.1, 0.15) is 16.9 Å². The molecular weight excluding hydrogens is 302 g/mol. The third-order valence-electron chi connectivity index (χ3n) is 3.33. The number of esters is 1. The van der Waals surface area contributed by atoms with E-state index in [1.807, 2.05) is 0 Å². The predicted molar refractivity (Wildman–Crippen MR) is 82.0 cm³/mol. The van der Waals surface area contributed by atoms with E-state index in [4.69, 9.17) is 13.9 Å². The molecule has 0 saturated heterocycles. The van der Waals surface area contributed by atoms with E-state index in [1.54, 1.807) is 19.1 Å². The fourth-order valence-corrected chi connectivity index (χ4v) is 2.23. The fraction of sp³-hybridized carbons (Fsp3) is 0.188. The zero-order valence-corrected chi connectivity index (χ0v) is 12.5. The van der Waals surface area contributed by atoms with Crippen LogP contribution >= 0.6 is 0 Å². The molecule has 1 aromatic carbocycles. The molecule has 3 aromatic rings. The summed E-state index contributed by atoms with van der Waals surface area (Å²) >= 11 is 0. The van der Waals surface area contributed by atoms with Crippen LogP contribution in [0.1, 0.15) is 17.3 Å². The fourth-order valence-electron chi connectivity index (χ4n) is 2.23. The number of aromatic hydroxyl groups is 1. The molecule has 23 heavy (non-hydrogen) atoms. The van der Waals surface area contributed by atoms with Crippen LogP contribution < -0.4 is 10.2 Å². The minimum Gasteiger partial charge on any atom is -0.497 e. The summed E-state index contributed by atoms with van der Waals surface area (Å²) in [7, 11) is 1.49. The highest BCUT2D eigenvalue weighted by Gasteiger charge is 2.19. The zero-order valence-electron chi connectivity index (χ0n) is 12.5. The Hall–Kier alpha value is -3.09. The number of hydrogen-bond acceptors (Lipinski definition) is 7. The highest BCUT2D eigenvalue weighted by atomic mass is 16.5. The second-order valence-corrected chi connectivity index (χ2v) is 4.72. The molecule has 0 unspecified atom stereocenters. The van der Waals surface area contributed by atoms with Crippen molar-refractivity contribution in [3.63, 3.8) is 0 Å². The third-order valence-corrected chi connectivity index (χ3v) is 3.33. The molecule has 2 heterocycles. The Morgan fingerprint density at radius 1 is 1.30 bits per heavy atom. The molecule has 0 saturated carbocycles.